The average molecular weight is 205 g/mol. The van der Waals surface area contributed by atoms with Crippen molar-refractivity contribution in [2.45, 2.75) is 5.92 Å². The maximum Gasteiger partial charge on any atom is 0.0110 e. The molecule has 0 aromatic heterocycles. The Morgan fingerprint density at radius 1 is 1.36 bits per heavy atom. The first kappa shape index (κ1) is 9.81. The van der Waals surface area contributed by atoms with Crippen LogP contribution in [0.3, 0.4) is 0 Å². The van der Waals surface area contributed by atoms with Crippen LogP contribution in [0, 0.1) is 0 Å². The van der Waals surface area contributed by atoms with Gasteiger partial charge in [-0.3, -0.25) is 0 Å². The third kappa shape index (κ3) is 2.02. The van der Waals surface area contributed by atoms with Gasteiger partial charge in [0.1, 0.15) is 0 Å². The van der Waals surface area contributed by atoms with E-state index in [-0.39, 0.29) is 0 Å². The summed E-state index contributed by atoms with van der Waals surface area (Å²) in [5.74, 6) is 3.31. The molecule has 0 atom stereocenters. The fraction of sp³-hybridized carbons (Fsp3) is 0.333. The molecule has 0 unspecified atom stereocenters. The largest absolute Gasteiger partial charge is 0.327 e. The van der Waals surface area contributed by atoms with Crippen LogP contribution in [0.25, 0.3) is 6.08 Å². The van der Waals surface area contributed by atoms with E-state index in [0.29, 0.717) is 6.54 Å². The minimum Gasteiger partial charge on any atom is -0.327 e. The van der Waals surface area contributed by atoms with E-state index in [1.165, 1.54) is 22.6 Å². The molecule has 1 aliphatic rings. The molecule has 0 aliphatic carbocycles. The zero-order valence-electron chi connectivity index (χ0n) is 8.15. The van der Waals surface area contributed by atoms with Gasteiger partial charge in [0.2, 0.25) is 0 Å². The van der Waals surface area contributed by atoms with Crippen molar-refractivity contribution in [2.24, 2.45) is 5.73 Å². The van der Waals surface area contributed by atoms with Crippen LogP contribution < -0.4 is 5.73 Å². The van der Waals surface area contributed by atoms with Gasteiger partial charge in [-0.1, -0.05) is 36.4 Å². The summed E-state index contributed by atoms with van der Waals surface area (Å²) in [4.78, 5) is 0. The van der Waals surface area contributed by atoms with Crippen molar-refractivity contribution in [2.75, 3.05) is 18.1 Å². The smallest absolute Gasteiger partial charge is 0.0110 e. The molecule has 1 nitrogen and oxygen atoms in total. The topological polar surface area (TPSA) is 26.0 Å². The third-order valence-electron chi connectivity index (χ3n) is 2.51. The summed E-state index contributed by atoms with van der Waals surface area (Å²) in [5, 5.41) is 0. The molecular formula is C12H15NS. The molecule has 0 bridgehead atoms. The van der Waals surface area contributed by atoms with Gasteiger partial charge in [-0.05, 0) is 11.1 Å². The van der Waals surface area contributed by atoms with Crippen LogP contribution in [-0.4, -0.2) is 18.1 Å². The zero-order valence-corrected chi connectivity index (χ0v) is 8.96. The molecule has 14 heavy (non-hydrogen) atoms. The molecule has 0 radical (unpaired) electrons. The SMILES string of the molecule is NC/C=C/c1ccccc1C1CSC1. The Morgan fingerprint density at radius 2 is 2.14 bits per heavy atom. The lowest BCUT2D eigenvalue weighted by atomic mass is 9.96. The van der Waals surface area contributed by atoms with Crippen LogP contribution in [0.1, 0.15) is 17.0 Å². The van der Waals surface area contributed by atoms with Crippen LogP contribution in [0.2, 0.25) is 0 Å². The first-order valence-electron chi connectivity index (χ1n) is 4.95. The highest BCUT2D eigenvalue weighted by molar-refractivity contribution is 8.00. The van der Waals surface area contributed by atoms with Gasteiger partial charge >= 0.3 is 0 Å². The second kappa shape index (κ2) is 4.67. The van der Waals surface area contributed by atoms with Gasteiger partial charge < -0.3 is 5.73 Å². The van der Waals surface area contributed by atoms with Crippen molar-refractivity contribution in [1.82, 2.24) is 0 Å². The lowest BCUT2D eigenvalue weighted by Gasteiger charge is -2.26. The number of thioether (sulfide) groups is 1. The van der Waals surface area contributed by atoms with Crippen LogP contribution >= 0.6 is 11.8 Å². The number of hydrogen-bond acceptors (Lipinski definition) is 2. The Kier molecular flexibility index (Phi) is 3.27. The van der Waals surface area contributed by atoms with Gasteiger partial charge in [0.15, 0.2) is 0 Å². The van der Waals surface area contributed by atoms with Crippen molar-refractivity contribution in [3.8, 4) is 0 Å². The standard InChI is InChI=1S/C12H15NS/c13-7-3-5-10-4-1-2-6-12(10)11-8-14-9-11/h1-6,11H,7-9,13H2/b5-3+. The number of hydrogen-bond donors (Lipinski definition) is 1. The Hall–Kier alpha value is -0.730. The lowest BCUT2D eigenvalue weighted by molar-refractivity contribution is 0.847. The summed E-state index contributed by atoms with van der Waals surface area (Å²) in [7, 11) is 0. The monoisotopic (exact) mass is 205 g/mol. The third-order valence-corrected chi connectivity index (χ3v) is 3.78. The van der Waals surface area contributed by atoms with E-state index < -0.39 is 0 Å². The normalized spacial score (nSPS) is 17.2. The number of nitrogens with two attached hydrogens (primary N) is 1. The van der Waals surface area contributed by atoms with E-state index in [2.05, 4.69) is 30.3 Å². The Morgan fingerprint density at radius 3 is 2.79 bits per heavy atom. The Balaban J connectivity index is 2.23. The highest BCUT2D eigenvalue weighted by Gasteiger charge is 2.21. The van der Waals surface area contributed by atoms with Gasteiger partial charge in [0, 0.05) is 24.0 Å². The van der Waals surface area contributed by atoms with Crippen LogP contribution in [0.4, 0.5) is 0 Å². The highest BCUT2D eigenvalue weighted by Crippen LogP contribution is 2.35. The summed E-state index contributed by atoms with van der Waals surface area (Å²) in [6.45, 7) is 0.619. The van der Waals surface area contributed by atoms with Crippen molar-refractivity contribution in [3.63, 3.8) is 0 Å². The van der Waals surface area contributed by atoms with Crippen molar-refractivity contribution in [3.05, 3.63) is 41.5 Å². The predicted molar refractivity (Wildman–Crippen MR) is 64.6 cm³/mol. The summed E-state index contributed by atoms with van der Waals surface area (Å²) in [6.07, 6.45) is 4.16. The first-order chi connectivity index (χ1) is 6.92. The van der Waals surface area contributed by atoms with Crippen molar-refractivity contribution < 1.29 is 0 Å². The Bertz CT molecular complexity index is 329. The van der Waals surface area contributed by atoms with E-state index in [0.717, 1.165) is 5.92 Å². The molecular weight excluding hydrogens is 190 g/mol. The second-order valence-corrected chi connectivity index (χ2v) is 4.58. The molecule has 0 spiro atoms. The molecule has 1 aromatic rings. The number of benzene rings is 1. The van der Waals surface area contributed by atoms with Crippen LogP contribution in [-0.2, 0) is 0 Å². The molecule has 0 saturated carbocycles. The fourth-order valence-corrected chi connectivity index (χ4v) is 2.48. The molecule has 1 saturated heterocycles. The first-order valence-corrected chi connectivity index (χ1v) is 6.10. The Labute approximate surface area is 89.4 Å². The maximum atomic E-state index is 5.46. The molecule has 2 N–H and O–H groups in total. The summed E-state index contributed by atoms with van der Waals surface area (Å²) in [5.41, 5.74) is 8.28. The van der Waals surface area contributed by atoms with Gasteiger partial charge in [0.25, 0.3) is 0 Å². The van der Waals surface area contributed by atoms with E-state index in [1.54, 1.807) is 0 Å². The molecule has 2 rings (SSSR count). The molecule has 1 fully saturated rings. The molecule has 1 aromatic carbocycles. The summed E-state index contributed by atoms with van der Waals surface area (Å²) >= 11 is 2.02. The average Bonchev–Trinajstić information content (AvgIpc) is 2.14. The van der Waals surface area contributed by atoms with E-state index in [4.69, 9.17) is 5.73 Å². The van der Waals surface area contributed by atoms with E-state index >= 15 is 0 Å². The van der Waals surface area contributed by atoms with Gasteiger partial charge in [-0.2, -0.15) is 11.8 Å². The van der Waals surface area contributed by atoms with Crippen molar-refractivity contribution >= 4 is 17.8 Å². The minimum atomic E-state index is 0.619. The van der Waals surface area contributed by atoms with Crippen molar-refractivity contribution in [1.29, 1.82) is 0 Å². The fourth-order valence-electron chi connectivity index (χ4n) is 1.64. The summed E-state index contributed by atoms with van der Waals surface area (Å²) < 4.78 is 0. The van der Waals surface area contributed by atoms with Gasteiger partial charge in [-0.25, -0.2) is 0 Å². The molecule has 0 amide bonds. The van der Waals surface area contributed by atoms with Crippen LogP contribution in [0.15, 0.2) is 30.3 Å². The molecule has 2 heteroatoms. The van der Waals surface area contributed by atoms with Gasteiger partial charge in [0.05, 0.1) is 0 Å². The highest BCUT2D eigenvalue weighted by atomic mass is 32.2. The van der Waals surface area contributed by atoms with Crippen LogP contribution in [0.5, 0.6) is 0 Å². The molecule has 74 valence electrons. The quantitative estimate of drug-likeness (QED) is 0.820. The zero-order chi connectivity index (χ0) is 9.80. The second-order valence-electron chi connectivity index (χ2n) is 3.50. The van der Waals surface area contributed by atoms with E-state index in [9.17, 15) is 0 Å². The van der Waals surface area contributed by atoms with E-state index in [1.807, 2.05) is 17.8 Å². The molecule has 1 aliphatic heterocycles. The summed E-state index contributed by atoms with van der Waals surface area (Å²) in [6, 6.07) is 8.62. The maximum absolute atomic E-state index is 5.46. The van der Waals surface area contributed by atoms with Gasteiger partial charge in [-0.15, -0.1) is 0 Å². The minimum absolute atomic E-state index is 0.619. The number of rotatable bonds is 3. The lowest BCUT2D eigenvalue weighted by Crippen LogP contribution is -2.16. The molecule has 1 heterocycles. The predicted octanol–water partition coefficient (Wildman–Crippen LogP) is 2.49.